The van der Waals surface area contributed by atoms with E-state index >= 15 is 0 Å². The van der Waals surface area contributed by atoms with Crippen molar-refractivity contribution in [1.29, 1.82) is 0 Å². The highest BCUT2D eigenvalue weighted by Gasteiger charge is 2.18. The number of sulfonamides is 1. The minimum atomic E-state index is -3.43. The van der Waals surface area contributed by atoms with E-state index in [4.69, 9.17) is 0 Å². The Bertz CT molecular complexity index is 728. The standard InChI is InChI=1S/C16H20N2O2S.ClH/c19-21(20,18-12-13-4-3-9-17-11-13)16-8-7-14-5-1-2-6-15(14)10-16;/h1-2,5-8,10,13,17-18H,3-4,9,11-12H2;1H. The summed E-state index contributed by atoms with van der Waals surface area (Å²) in [4.78, 5) is 0.338. The number of hydrogen-bond acceptors (Lipinski definition) is 3. The van der Waals surface area contributed by atoms with E-state index < -0.39 is 10.0 Å². The molecule has 0 spiro atoms. The van der Waals surface area contributed by atoms with Crippen LogP contribution in [0.4, 0.5) is 0 Å². The van der Waals surface area contributed by atoms with E-state index in [1.54, 1.807) is 12.1 Å². The lowest BCUT2D eigenvalue weighted by molar-refractivity contribution is 0.376. The van der Waals surface area contributed by atoms with Crippen LogP contribution in [0.1, 0.15) is 12.8 Å². The smallest absolute Gasteiger partial charge is 0.240 e. The van der Waals surface area contributed by atoms with Gasteiger partial charge in [0, 0.05) is 6.54 Å². The molecule has 6 heteroatoms. The lowest BCUT2D eigenvalue weighted by atomic mass is 10.0. The van der Waals surface area contributed by atoms with Gasteiger partial charge in [-0.1, -0.05) is 30.3 Å². The molecular weight excluding hydrogens is 320 g/mol. The fraction of sp³-hybridized carbons (Fsp3) is 0.375. The zero-order valence-electron chi connectivity index (χ0n) is 12.3. The van der Waals surface area contributed by atoms with Gasteiger partial charge >= 0.3 is 0 Å². The highest BCUT2D eigenvalue weighted by molar-refractivity contribution is 7.89. The molecule has 0 amide bonds. The van der Waals surface area contributed by atoms with Crippen molar-refractivity contribution in [2.45, 2.75) is 17.7 Å². The Morgan fingerprint density at radius 1 is 1.14 bits per heavy atom. The van der Waals surface area contributed by atoms with Crippen LogP contribution in [0.25, 0.3) is 10.8 Å². The fourth-order valence-corrected chi connectivity index (χ4v) is 3.89. The Labute approximate surface area is 137 Å². The minimum Gasteiger partial charge on any atom is -0.316 e. The molecule has 4 nitrogen and oxygen atoms in total. The van der Waals surface area contributed by atoms with Crippen LogP contribution in [0.15, 0.2) is 47.4 Å². The molecule has 1 heterocycles. The molecule has 1 aliphatic heterocycles. The summed E-state index contributed by atoms with van der Waals surface area (Å²) in [5.74, 6) is 0.383. The van der Waals surface area contributed by atoms with Crippen LogP contribution >= 0.6 is 12.4 Å². The first kappa shape index (κ1) is 17.2. The van der Waals surface area contributed by atoms with E-state index in [9.17, 15) is 8.42 Å². The predicted molar refractivity (Wildman–Crippen MR) is 92.0 cm³/mol. The topological polar surface area (TPSA) is 58.2 Å². The second-order valence-corrected chi connectivity index (χ2v) is 7.34. The van der Waals surface area contributed by atoms with Crippen LogP contribution in [-0.4, -0.2) is 28.1 Å². The van der Waals surface area contributed by atoms with Crippen LogP contribution in [0.3, 0.4) is 0 Å². The molecule has 0 aromatic heterocycles. The molecule has 0 saturated carbocycles. The molecule has 0 bridgehead atoms. The summed E-state index contributed by atoms with van der Waals surface area (Å²) in [5, 5.41) is 5.29. The average Bonchev–Trinajstić information content (AvgIpc) is 2.53. The molecule has 1 aliphatic rings. The Kier molecular flexibility index (Phi) is 5.81. The van der Waals surface area contributed by atoms with E-state index in [1.807, 2.05) is 30.3 Å². The van der Waals surface area contributed by atoms with E-state index in [1.165, 1.54) is 0 Å². The zero-order chi connectivity index (χ0) is 14.7. The normalized spacial score (nSPS) is 18.8. The third kappa shape index (κ3) is 3.98. The second-order valence-electron chi connectivity index (χ2n) is 5.57. The van der Waals surface area contributed by atoms with Crippen molar-refractivity contribution in [3.8, 4) is 0 Å². The molecule has 0 aliphatic carbocycles. The Balaban J connectivity index is 0.00000176. The van der Waals surface area contributed by atoms with Gasteiger partial charge in [0.2, 0.25) is 10.0 Å². The number of piperidine rings is 1. The Morgan fingerprint density at radius 2 is 1.91 bits per heavy atom. The van der Waals surface area contributed by atoms with Gasteiger partial charge in [0.25, 0.3) is 0 Å². The first-order valence-electron chi connectivity index (χ1n) is 7.34. The maximum Gasteiger partial charge on any atom is 0.240 e. The predicted octanol–water partition coefficient (Wildman–Crippen LogP) is 2.54. The maximum absolute atomic E-state index is 12.4. The molecule has 1 atom stereocenters. The third-order valence-corrected chi connectivity index (χ3v) is 5.41. The molecule has 2 aromatic rings. The monoisotopic (exact) mass is 340 g/mol. The summed E-state index contributed by atoms with van der Waals surface area (Å²) in [6.07, 6.45) is 2.19. The molecule has 1 unspecified atom stereocenters. The summed E-state index contributed by atoms with van der Waals surface area (Å²) >= 11 is 0. The summed E-state index contributed by atoms with van der Waals surface area (Å²) in [7, 11) is -3.43. The van der Waals surface area contributed by atoms with Crippen molar-refractivity contribution in [2.24, 2.45) is 5.92 Å². The Morgan fingerprint density at radius 3 is 2.64 bits per heavy atom. The van der Waals surface area contributed by atoms with Crippen molar-refractivity contribution in [3.05, 3.63) is 42.5 Å². The molecule has 2 N–H and O–H groups in total. The molecule has 1 fully saturated rings. The fourth-order valence-electron chi connectivity index (χ4n) is 2.74. The van der Waals surface area contributed by atoms with Gasteiger partial charge in [-0.2, -0.15) is 0 Å². The highest BCUT2D eigenvalue weighted by Crippen LogP contribution is 2.19. The van der Waals surface area contributed by atoms with Crippen LogP contribution in [0.5, 0.6) is 0 Å². The first-order chi connectivity index (χ1) is 10.1. The van der Waals surface area contributed by atoms with Crippen LogP contribution in [-0.2, 0) is 10.0 Å². The largest absolute Gasteiger partial charge is 0.316 e. The molecule has 22 heavy (non-hydrogen) atoms. The van der Waals surface area contributed by atoms with E-state index in [2.05, 4.69) is 10.0 Å². The van der Waals surface area contributed by atoms with Gasteiger partial charge in [-0.15, -0.1) is 12.4 Å². The van der Waals surface area contributed by atoms with E-state index in [-0.39, 0.29) is 12.4 Å². The van der Waals surface area contributed by atoms with Crippen LogP contribution in [0, 0.1) is 5.92 Å². The van der Waals surface area contributed by atoms with Gasteiger partial charge in [0.15, 0.2) is 0 Å². The van der Waals surface area contributed by atoms with E-state index in [0.29, 0.717) is 17.4 Å². The van der Waals surface area contributed by atoms with Gasteiger partial charge in [-0.25, -0.2) is 13.1 Å². The maximum atomic E-state index is 12.4. The SMILES string of the molecule is Cl.O=S(=O)(NCC1CCCNC1)c1ccc2ccccc2c1. The van der Waals surface area contributed by atoms with Crippen molar-refractivity contribution in [3.63, 3.8) is 0 Å². The number of rotatable bonds is 4. The van der Waals surface area contributed by atoms with Gasteiger partial charge < -0.3 is 5.32 Å². The average molecular weight is 341 g/mol. The summed E-state index contributed by atoms with van der Waals surface area (Å²) in [6, 6.07) is 13.0. The summed E-state index contributed by atoms with van der Waals surface area (Å²) < 4.78 is 27.5. The molecule has 3 rings (SSSR count). The zero-order valence-corrected chi connectivity index (χ0v) is 13.9. The number of nitrogens with one attached hydrogen (secondary N) is 2. The molecule has 2 aromatic carbocycles. The number of hydrogen-bond donors (Lipinski definition) is 2. The summed E-state index contributed by atoms with van der Waals surface area (Å²) in [5.41, 5.74) is 0. The molecule has 1 saturated heterocycles. The molecular formula is C16H21ClN2O2S. The van der Waals surface area contributed by atoms with Crippen molar-refractivity contribution in [2.75, 3.05) is 19.6 Å². The van der Waals surface area contributed by atoms with Gasteiger partial charge in [0.1, 0.15) is 0 Å². The first-order valence-corrected chi connectivity index (χ1v) is 8.83. The number of fused-ring (bicyclic) bond motifs is 1. The highest BCUT2D eigenvalue weighted by atomic mass is 35.5. The molecule has 120 valence electrons. The Hall–Kier alpha value is -1.14. The third-order valence-electron chi connectivity index (χ3n) is 3.99. The number of benzene rings is 2. The lowest BCUT2D eigenvalue weighted by Crippen LogP contribution is -2.38. The van der Waals surface area contributed by atoms with Gasteiger partial charge in [-0.3, -0.25) is 0 Å². The van der Waals surface area contributed by atoms with Crippen LogP contribution < -0.4 is 10.0 Å². The molecule has 0 radical (unpaired) electrons. The van der Waals surface area contributed by atoms with E-state index in [0.717, 1.165) is 36.7 Å². The number of halogens is 1. The van der Waals surface area contributed by atoms with Crippen molar-refractivity contribution < 1.29 is 8.42 Å². The minimum absolute atomic E-state index is 0. The van der Waals surface area contributed by atoms with Gasteiger partial charge in [-0.05, 0) is 54.8 Å². The summed E-state index contributed by atoms with van der Waals surface area (Å²) in [6.45, 7) is 2.43. The van der Waals surface area contributed by atoms with Crippen molar-refractivity contribution >= 4 is 33.2 Å². The quantitative estimate of drug-likeness (QED) is 0.899. The lowest BCUT2D eigenvalue weighted by Gasteiger charge is -2.22. The second kappa shape index (κ2) is 7.42. The van der Waals surface area contributed by atoms with Crippen LogP contribution in [0.2, 0.25) is 0 Å². The van der Waals surface area contributed by atoms with Crippen molar-refractivity contribution in [1.82, 2.24) is 10.0 Å². The van der Waals surface area contributed by atoms with Gasteiger partial charge in [0.05, 0.1) is 4.90 Å².